The number of esters is 1. The molecular formula is C61H72N2O6. The summed E-state index contributed by atoms with van der Waals surface area (Å²) in [5.74, 6) is 58.9. The summed E-state index contributed by atoms with van der Waals surface area (Å²) >= 11 is 0. The van der Waals surface area contributed by atoms with E-state index in [0.717, 1.165) is 64.4 Å². The summed E-state index contributed by atoms with van der Waals surface area (Å²) < 4.78 is 18.1. The fraction of sp³-hybridized carbons (Fsp3) is 0.590. The predicted molar refractivity (Wildman–Crippen MR) is 276 cm³/mol. The van der Waals surface area contributed by atoms with Crippen molar-refractivity contribution in [2.24, 2.45) is 0 Å². The van der Waals surface area contributed by atoms with Gasteiger partial charge in [0.15, 0.2) is 6.11 Å². The summed E-state index contributed by atoms with van der Waals surface area (Å²) in [6.07, 6.45) is 19.8. The summed E-state index contributed by atoms with van der Waals surface area (Å²) in [6, 6.07) is 0. The summed E-state index contributed by atoms with van der Waals surface area (Å²) in [4.78, 5) is 25.1. The number of hydrogen-bond donors (Lipinski definition) is 0. The molecule has 0 spiro atoms. The van der Waals surface area contributed by atoms with Gasteiger partial charge in [-0.25, -0.2) is 0 Å². The van der Waals surface area contributed by atoms with Crippen LogP contribution in [0.4, 0.5) is 0 Å². The van der Waals surface area contributed by atoms with Gasteiger partial charge in [-0.3, -0.25) is 9.63 Å². The van der Waals surface area contributed by atoms with Crippen molar-refractivity contribution in [2.75, 3.05) is 20.0 Å². The average molecular weight is 929 g/mol. The Morgan fingerprint density at radius 3 is 1.30 bits per heavy atom. The van der Waals surface area contributed by atoms with E-state index in [9.17, 15) is 4.79 Å². The minimum atomic E-state index is -0.439. The van der Waals surface area contributed by atoms with Crippen LogP contribution >= 0.6 is 0 Å². The highest BCUT2D eigenvalue weighted by atomic mass is 16.7. The van der Waals surface area contributed by atoms with Crippen LogP contribution in [0, 0.1) is 142 Å². The SMILES string of the molecule is CC#CC#CC#CC#CC#CC#CC#CC#CC#CC#CC#CC#CON1C(C)(C)CC(OC(=O)CCCCCCCCOCOC2CC(C)(C)N(OCCCCCCCC)C(C)(C)C2)CC1(C)C. The zero-order chi connectivity index (χ0) is 50.5. The fourth-order valence-electron chi connectivity index (χ4n) is 8.59. The number of hydroxylamine groups is 4. The third-order valence-corrected chi connectivity index (χ3v) is 11.1. The summed E-state index contributed by atoms with van der Waals surface area (Å²) in [6.45, 7) is 23.0. The van der Waals surface area contributed by atoms with Crippen molar-refractivity contribution in [3.8, 4) is 142 Å². The molecular weight excluding hydrogens is 857 g/mol. The minimum absolute atomic E-state index is 0.112. The topological polar surface area (TPSA) is 69.7 Å². The van der Waals surface area contributed by atoms with E-state index in [1.165, 1.54) is 32.1 Å². The largest absolute Gasteiger partial charge is 0.462 e. The van der Waals surface area contributed by atoms with Crippen LogP contribution in [0.1, 0.15) is 178 Å². The summed E-state index contributed by atoms with van der Waals surface area (Å²) in [5, 5.41) is 4.09. The highest BCUT2D eigenvalue weighted by Gasteiger charge is 2.49. The number of piperidine rings is 2. The van der Waals surface area contributed by atoms with Crippen molar-refractivity contribution >= 4 is 5.97 Å². The van der Waals surface area contributed by atoms with Gasteiger partial charge in [0.05, 0.1) is 23.8 Å². The van der Waals surface area contributed by atoms with Gasteiger partial charge in [0.25, 0.3) is 0 Å². The monoisotopic (exact) mass is 929 g/mol. The van der Waals surface area contributed by atoms with Crippen LogP contribution in [-0.2, 0) is 28.7 Å². The van der Waals surface area contributed by atoms with Crippen LogP contribution in [0.3, 0.4) is 0 Å². The maximum Gasteiger partial charge on any atom is 0.306 e. The quantitative estimate of drug-likeness (QED) is 0.0461. The van der Waals surface area contributed by atoms with E-state index in [0.29, 0.717) is 32.7 Å². The number of ether oxygens (including phenoxy) is 3. The molecule has 0 aromatic rings. The maximum atomic E-state index is 12.8. The van der Waals surface area contributed by atoms with Crippen LogP contribution < -0.4 is 0 Å². The zero-order valence-corrected chi connectivity index (χ0v) is 43.1. The van der Waals surface area contributed by atoms with Gasteiger partial charge in [-0.05, 0) is 142 Å². The molecule has 0 radical (unpaired) electrons. The van der Waals surface area contributed by atoms with E-state index in [4.69, 9.17) is 23.9 Å². The highest BCUT2D eigenvalue weighted by molar-refractivity contribution is 5.69. The second kappa shape index (κ2) is 34.1. The molecule has 2 rings (SSSR count). The van der Waals surface area contributed by atoms with Crippen LogP contribution in [0.2, 0.25) is 0 Å². The first kappa shape index (κ1) is 58.9. The number of nitrogens with zero attached hydrogens (tertiary/aromatic N) is 2. The van der Waals surface area contributed by atoms with Gasteiger partial charge < -0.3 is 19.0 Å². The first-order valence-corrected chi connectivity index (χ1v) is 24.4. The minimum Gasteiger partial charge on any atom is -0.462 e. The first-order chi connectivity index (χ1) is 33.1. The number of rotatable bonds is 22. The Morgan fingerprint density at radius 2 is 0.841 bits per heavy atom. The van der Waals surface area contributed by atoms with Crippen molar-refractivity contribution < 1.29 is 28.7 Å². The van der Waals surface area contributed by atoms with Gasteiger partial charge in [-0.2, -0.15) is 5.06 Å². The fourth-order valence-corrected chi connectivity index (χ4v) is 8.59. The van der Waals surface area contributed by atoms with Crippen LogP contribution in [0.25, 0.3) is 0 Å². The molecule has 0 saturated carbocycles. The van der Waals surface area contributed by atoms with E-state index in [2.05, 4.69) is 210 Å². The molecule has 0 atom stereocenters. The van der Waals surface area contributed by atoms with E-state index in [1.807, 2.05) is 5.06 Å². The number of hydrogen-bond acceptors (Lipinski definition) is 8. The van der Waals surface area contributed by atoms with Crippen molar-refractivity contribution in [3.05, 3.63) is 0 Å². The van der Waals surface area contributed by atoms with Crippen LogP contribution in [0.5, 0.6) is 0 Å². The zero-order valence-electron chi connectivity index (χ0n) is 43.1. The molecule has 8 heteroatoms. The second-order valence-electron chi connectivity index (χ2n) is 19.2. The predicted octanol–water partition coefficient (Wildman–Crippen LogP) is 9.54. The standard InChI is InChI=1S/C61H72N2O6/c1-11-13-15-17-19-20-21-22-23-24-25-26-27-28-29-30-31-32-33-34-36-41-45-49-68-63-60(7,8)52-56(53-61(63,9)10)69-57(64)46-42-38-35-37-39-43-47-65-54-66-55-50-58(3,4)62(59(5,6)51-55)67-48-44-40-18-16-14-12-2/h55-56H,12,14,16,18,35,37-40,42-44,46-48,50-54H2,1-10H3. The summed E-state index contributed by atoms with van der Waals surface area (Å²) in [7, 11) is 0. The van der Waals surface area contributed by atoms with Gasteiger partial charge in [-0.1, -0.05) is 70.6 Å². The first-order valence-electron chi connectivity index (χ1n) is 24.4. The highest BCUT2D eigenvalue weighted by Crippen LogP contribution is 2.41. The van der Waals surface area contributed by atoms with Crippen LogP contribution in [0.15, 0.2) is 0 Å². The lowest BCUT2D eigenvalue weighted by Crippen LogP contribution is -2.62. The molecule has 2 saturated heterocycles. The second-order valence-corrected chi connectivity index (χ2v) is 19.2. The van der Waals surface area contributed by atoms with Crippen molar-refractivity contribution in [1.82, 2.24) is 10.1 Å². The Balaban J connectivity index is 1.61. The molecule has 2 aliphatic heterocycles. The van der Waals surface area contributed by atoms with E-state index in [-0.39, 0.29) is 29.3 Å². The number of carbonyl (C=O) groups is 1. The Morgan fingerprint density at radius 1 is 0.464 bits per heavy atom. The smallest absolute Gasteiger partial charge is 0.306 e. The third kappa shape index (κ3) is 26.8. The van der Waals surface area contributed by atoms with Gasteiger partial charge in [0.2, 0.25) is 0 Å². The Hall–Kier alpha value is -6.21. The van der Waals surface area contributed by atoms with Gasteiger partial charge in [0, 0.05) is 120 Å². The molecule has 0 amide bonds. The third-order valence-electron chi connectivity index (χ3n) is 11.1. The van der Waals surface area contributed by atoms with E-state index >= 15 is 0 Å². The average Bonchev–Trinajstić information content (AvgIpc) is 3.27. The molecule has 0 aromatic heterocycles. The molecule has 362 valence electrons. The number of carbonyl (C=O) groups excluding carboxylic acids is 1. The molecule has 0 unspecified atom stereocenters. The van der Waals surface area contributed by atoms with Crippen molar-refractivity contribution in [3.63, 3.8) is 0 Å². The van der Waals surface area contributed by atoms with Gasteiger partial charge in [-0.15, -0.1) is 5.06 Å². The van der Waals surface area contributed by atoms with E-state index < -0.39 is 11.1 Å². The lowest BCUT2D eigenvalue weighted by Gasteiger charge is -2.53. The summed E-state index contributed by atoms with van der Waals surface area (Å²) in [5.41, 5.74) is -1.10. The molecule has 8 nitrogen and oxygen atoms in total. The molecule has 0 bridgehead atoms. The van der Waals surface area contributed by atoms with Gasteiger partial charge in [0.1, 0.15) is 12.9 Å². The van der Waals surface area contributed by atoms with Gasteiger partial charge >= 0.3 is 5.97 Å². The molecule has 2 heterocycles. The molecule has 0 aliphatic carbocycles. The molecule has 69 heavy (non-hydrogen) atoms. The lowest BCUT2D eigenvalue weighted by molar-refractivity contribution is -0.298. The molecule has 0 N–H and O–H groups in total. The van der Waals surface area contributed by atoms with Crippen molar-refractivity contribution in [1.29, 1.82) is 0 Å². The molecule has 2 fully saturated rings. The van der Waals surface area contributed by atoms with E-state index in [1.54, 1.807) is 6.92 Å². The Bertz CT molecular complexity index is 2420. The van der Waals surface area contributed by atoms with Crippen molar-refractivity contribution in [2.45, 2.75) is 213 Å². The molecule has 2 aliphatic rings. The lowest BCUT2D eigenvalue weighted by atomic mass is 9.80. The normalized spacial score (nSPS) is 15.7. The maximum absolute atomic E-state index is 12.8. The number of unbranched alkanes of at least 4 members (excludes halogenated alkanes) is 10. The Labute approximate surface area is 418 Å². The van der Waals surface area contributed by atoms with Crippen LogP contribution in [-0.4, -0.2) is 70.5 Å². The molecule has 0 aromatic carbocycles. The Kier molecular flexibility index (Phi) is 29.1.